The number of ether oxygens (including phenoxy) is 1. The van der Waals surface area contributed by atoms with Crippen LogP contribution in [0.2, 0.25) is 0 Å². The highest BCUT2D eigenvalue weighted by Crippen LogP contribution is 2.29. The number of aliphatic hydroxyl groups is 1. The summed E-state index contributed by atoms with van der Waals surface area (Å²) in [7, 11) is 0. The van der Waals surface area contributed by atoms with E-state index in [0.717, 1.165) is 37.0 Å². The standard InChI is InChI=1S/C16H24N2O3/c1-12-5-4-6-14(9-12)21-11-13(19)10-18-16(15(17)20)7-2-3-8-16/h4-6,9,13,18-19H,2-3,7-8,10-11H2,1H3,(H2,17,20). The zero-order valence-corrected chi connectivity index (χ0v) is 12.5. The van der Waals surface area contributed by atoms with Gasteiger partial charge in [-0.2, -0.15) is 0 Å². The molecular formula is C16H24N2O3. The summed E-state index contributed by atoms with van der Waals surface area (Å²) in [5, 5.41) is 13.1. The van der Waals surface area contributed by atoms with Gasteiger partial charge in [-0.05, 0) is 37.5 Å². The number of carbonyl (C=O) groups is 1. The van der Waals surface area contributed by atoms with E-state index in [4.69, 9.17) is 10.5 Å². The second kappa shape index (κ2) is 6.91. The zero-order valence-electron chi connectivity index (χ0n) is 12.5. The molecule has 0 bridgehead atoms. The van der Waals surface area contributed by atoms with Gasteiger partial charge in [0.15, 0.2) is 0 Å². The van der Waals surface area contributed by atoms with E-state index in [9.17, 15) is 9.90 Å². The van der Waals surface area contributed by atoms with E-state index in [1.54, 1.807) is 0 Å². The number of nitrogens with two attached hydrogens (primary N) is 1. The topological polar surface area (TPSA) is 84.6 Å². The molecule has 1 aromatic carbocycles. The van der Waals surface area contributed by atoms with Gasteiger partial charge >= 0.3 is 0 Å². The minimum Gasteiger partial charge on any atom is -0.491 e. The maximum absolute atomic E-state index is 11.6. The molecule has 1 aromatic rings. The highest BCUT2D eigenvalue weighted by Gasteiger charge is 2.39. The predicted molar refractivity (Wildman–Crippen MR) is 81.1 cm³/mol. The fraction of sp³-hybridized carbons (Fsp3) is 0.562. The molecule has 0 saturated heterocycles. The van der Waals surface area contributed by atoms with E-state index in [2.05, 4.69) is 5.32 Å². The van der Waals surface area contributed by atoms with Crippen molar-refractivity contribution in [1.82, 2.24) is 5.32 Å². The van der Waals surface area contributed by atoms with Gasteiger partial charge in [-0.15, -0.1) is 0 Å². The summed E-state index contributed by atoms with van der Waals surface area (Å²) in [6.45, 7) is 2.47. The minimum atomic E-state index is -0.678. The zero-order chi connectivity index (χ0) is 15.3. The molecule has 1 atom stereocenters. The summed E-state index contributed by atoms with van der Waals surface area (Å²) < 4.78 is 5.55. The van der Waals surface area contributed by atoms with Crippen LogP contribution in [0.5, 0.6) is 5.75 Å². The van der Waals surface area contributed by atoms with E-state index in [-0.39, 0.29) is 12.5 Å². The molecule has 5 heteroatoms. The summed E-state index contributed by atoms with van der Waals surface area (Å²) in [6.07, 6.45) is 2.79. The molecule has 0 radical (unpaired) electrons. The van der Waals surface area contributed by atoms with Gasteiger partial charge in [0.1, 0.15) is 18.5 Å². The molecule has 21 heavy (non-hydrogen) atoms. The summed E-state index contributed by atoms with van der Waals surface area (Å²) in [4.78, 5) is 11.6. The van der Waals surface area contributed by atoms with Crippen LogP contribution in [0.25, 0.3) is 0 Å². The van der Waals surface area contributed by atoms with Gasteiger partial charge in [0.2, 0.25) is 5.91 Å². The first-order valence-corrected chi connectivity index (χ1v) is 7.44. The van der Waals surface area contributed by atoms with Crippen LogP contribution in [0.1, 0.15) is 31.2 Å². The van der Waals surface area contributed by atoms with Crippen LogP contribution in [-0.4, -0.2) is 35.8 Å². The summed E-state index contributed by atoms with van der Waals surface area (Å²) in [5.41, 5.74) is 5.95. The van der Waals surface area contributed by atoms with E-state index in [1.165, 1.54) is 0 Å². The quantitative estimate of drug-likeness (QED) is 0.703. The molecule has 1 aliphatic carbocycles. The molecule has 1 amide bonds. The first kappa shape index (κ1) is 15.8. The Morgan fingerprint density at radius 2 is 2.19 bits per heavy atom. The number of hydrogen-bond acceptors (Lipinski definition) is 4. The Morgan fingerprint density at radius 1 is 1.48 bits per heavy atom. The van der Waals surface area contributed by atoms with Crippen LogP contribution in [0.15, 0.2) is 24.3 Å². The van der Waals surface area contributed by atoms with Crippen molar-refractivity contribution in [2.45, 2.75) is 44.2 Å². The van der Waals surface area contributed by atoms with Gasteiger partial charge in [-0.1, -0.05) is 25.0 Å². The Balaban J connectivity index is 1.79. The number of benzene rings is 1. The SMILES string of the molecule is Cc1cccc(OCC(O)CNC2(C(N)=O)CCCC2)c1. The van der Waals surface area contributed by atoms with Crippen LogP contribution >= 0.6 is 0 Å². The summed E-state index contributed by atoms with van der Waals surface area (Å²) in [6, 6.07) is 7.68. The Labute approximate surface area is 125 Å². The number of hydrogen-bond donors (Lipinski definition) is 3. The number of aryl methyl sites for hydroxylation is 1. The number of rotatable bonds is 7. The number of carbonyl (C=O) groups excluding carboxylic acids is 1. The molecule has 0 aliphatic heterocycles. The van der Waals surface area contributed by atoms with Crippen molar-refractivity contribution in [3.8, 4) is 5.75 Å². The van der Waals surface area contributed by atoms with Crippen molar-refractivity contribution in [3.63, 3.8) is 0 Å². The molecule has 0 aromatic heterocycles. The van der Waals surface area contributed by atoms with E-state index in [0.29, 0.717) is 6.54 Å². The Kier molecular flexibility index (Phi) is 5.20. The van der Waals surface area contributed by atoms with Crippen molar-refractivity contribution in [2.24, 2.45) is 5.73 Å². The first-order chi connectivity index (χ1) is 10.0. The number of β-amino-alcohol motifs (C(OH)–C–C–N with tert-alkyl or cyclic N) is 1. The Hall–Kier alpha value is -1.59. The highest BCUT2D eigenvalue weighted by atomic mass is 16.5. The van der Waals surface area contributed by atoms with E-state index < -0.39 is 11.6 Å². The molecule has 116 valence electrons. The lowest BCUT2D eigenvalue weighted by atomic mass is 9.96. The van der Waals surface area contributed by atoms with Crippen molar-refractivity contribution in [3.05, 3.63) is 29.8 Å². The lowest BCUT2D eigenvalue weighted by Crippen LogP contribution is -2.55. The molecule has 2 rings (SSSR count). The predicted octanol–water partition coefficient (Wildman–Crippen LogP) is 1.12. The van der Waals surface area contributed by atoms with Gasteiger partial charge in [-0.25, -0.2) is 0 Å². The monoisotopic (exact) mass is 292 g/mol. The number of nitrogens with one attached hydrogen (secondary N) is 1. The Bertz CT molecular complexity index is 484. The van der Waals surface area contributed by atoms with Crippen LogP contribution in [0, 0.1) is 6.92 Å². The molecule has 1 saturated carbocycles. The van der Waals surface area contributed by atoms with Crippen molar-refractivity contribution in [2.75, 3.05) is 13.2 Å². The third kappa shape index (κ3) is 4.19. The van der Waals surface area contributed by atoms with Crippen LogP contribution in [0.3, 0.4) is 0 Å². The molecule has 1 unspecified atom stereocenters. The summed E-state index contributed by atoms with van der Waals surface area (Å²) in [5.74, 6) is 0.409. The smallest absolute Gasteiger partial charge is 0.237 e. The van der Waals surface area contributed by atoms with E-state index in [1.807, 2.05) is 31.2 Å². The van der Waals surface area contributed by atoms with E-state index >= 15 is 0 Å². The summed E-state index contributed by atoms with van der Waals surface area (Å²) >= 11 is 0. The van der Waals surface area contributed by atoms with Crippen molar-refractivity contribution in [1.29, 1.82) is 0 Å². The number of aliphatic hydroxyl groups excluding tert-OH is 1. The van der Waals surface area contributed by atoms with Gasteiger partial charge in [0.05, 0.1) is 5.54 Å². The molecule has 4 N–H and O–H groups in total. The third-order valence-electron chi connectivity index (χ3n) is 4.04. The molecule has 0 heterocycles. The molecule has 0 spiro atoms. The Morgan fingerprint density at radius 3 is 2.81 bits per heavy atom. The maximum Gasteiger partial charge on any atom is 0.237 e. The second-order valence-corrected chi connectivity index (χ2v) is 5.82. The average Bonchev–Trinajstić information content (AvgIpc) is 2.93. The molecular weight excluding hydrogens is 268 g/mol. The number of primary amides is 1. The van der Waals surface area contributed by atoms with Gasteiger partial charge in [0.25, 0.3) is 0 Å². The van der Waals surface area contributed by atoms with Crippen molar-refractivity contribution < 1.29 is 14.6 Å². The fourth-order valence-corrected chi connectivity index (χ4v) is 2.76. The number of amides is 1. The molecule has 1 fully saturated rings. The molecule has 5 nitrogen and oxygen atoms in total. The molecule has 1 aliphatic rings. The first-order valence-electron chi connectivity index (χ1n) is 7.44. The normalized spacial score (nSPS) is 18.4. The highest BCUT2D eigenvalue weighted by molar-refractivity contribution is 5.85. The van der Waals surface area contributed by atoms with Crippen LogP contribution in [0.4, 0.5) is 0 Å². The van der Waals surface area contributed by atoms with Gasteiger partial charge in [0, 0.05) is 6.54 Å². The van der Waals surface area contributed by atoms with Gasteiger partial charge in [-0.3, -0.25) is 4.79 Å². The van der Waals surface area contributed by atoms with Crippen LogP contribution < -0.4 is 15.8 Å². The lowest BCUT2D eigenvalue weighted by molar-refractivity contribution is -0.124. The maximum atomic E-state index is 11.6. The third-order valence-corrected chi connectivity index (χ3v) is 4.04. The van der Waals surface area contributed by atoms with Gasteiger partial charge < -0.3 is 20.9 Å². The second-order valence-electron chi connectivity index (χ2n) is 5.82. The lowest BCUT2D eigenvalue weighted by Gasteiger charge is -2.28. The van der Waals surface area contributed by atoms with Crippen LogP contribution in [-0.2, 0) is 4.79 Å². The largest absolute Gasteiger partial charge is 0.491 e. The fourth-order valence-electron chi connectivity index (χ4n) is 2.76. The minimum absolute atomic E-state index is 0.186. The van der Waals surface area contributed by atoms with Crippen molar-refractivity contribution >= 4 is 5.91 Å². The average molecular weight is 292 g/mol.